The molecule has 0 saturated carbocycles. The molecular weight excluding hydrogens is 483 g/mol. The number of carbonyl (C=O) groups is 3. The number of benzene rings is 1. The van der Waals surface area contributed by atoms with Gasteiger partial charge in [0.2, 0.25) is 5.91 Å². The van der Waals surface area contributed by atoms with Crippen molar-refractivity contribution in [3.05, 3.63) is 24.0 Å². The van der Waals surface area contributed by atoms with Crippen LogP contribution in [0.15, 0.2) is 18.2 Å². The van der Waals surface area contributed by atoms with Gasteiger partial charge in [-0.15, -0.1) is 0 Å². The first-order valence-electron chi connectivity index (χ1n) is 11.2. The van der Waals surface area contributed by atoms with Crippen molar-refractivity contribution in [1.29, 1.82) is 0 Å². The van der Waals surface area contributed by atoms with E-state index in [1.54, 1.807) is 37.8 Å². The number of sulfone groups is 1. The maximum Gasteiger partial charge on any atom is 0.414 e. The summed E-state index contributed by atoms with van der Waals surface area (Å²) in [6, 6.07) is 4.39. The van der Waals surface area contributed by atoms with E-state index >= 15 is 0 Å². The summed E-state index contributed by atoms with van der Waals surface area (Å²) in [6.07, 6.45) is -0.879. The Morgan fingerprint density at radius 2 is 1.86 bits per heavy atom. The lowest BCUT2D eigenvalue weighted by Gasteiger charge is -2.36. The van der Waals surface area contributed by atoms with Crippen LogP contribution in [0.1, 0.15) is 20.8 Å². The van der Waals surface area contributed by atoms with Gasteiger partial charge in [-0.05, 0) is 39.0 Å². The summed E-state index contributed by atoms with van der Waals surface area (Å²) in [5, 5.41) is 2.55. The number of anilines is 2. The molecule has 0 aliphatic carbocycles. The number of hydrogen-bond acceptors (Lipinski definition) is 8. The molecule has 2 aliphatic heterocycles. The minimum absolute atomic E-state index is 0.0556. The van der Waals surface area contributed by atoms with Crippen LogP contribution in [0.25, 0.3) is 0 Å². The van der Waals surface area contributed by atoms with Crippen LogP contribution in [0, 0.1) is 5.82 Å². The highest BCUT2D eigenvalue weighted by atomic mass is 32.2. The van der Waals surface area contributed by atoms with Crippen LogP contribution in [-0.2, 0) is 24.1 Å². The van der Waals surface area contributed by atoms with E-state index in [9.17, 15) is 27.2 Å². The van der Waals surface area contributed by atoms with Crippen molar-refractivity contribution in [3.8, 4) is 0 Å². The third-order valence-corrected chi connectivity index (χ3v) is 6.12. The maximum atomic E-state index is 14.9. The van der Waals surface area contributed by atoms with E-state index in [0.717, 1.165) is 6.26 Å². The molecule has 1 N–H and O–H groups in total. The van der Waals surface area contributed by atoms with Gasteiger partial charge < -0.3 is 24.6 Å². The number of amides is 3. The summed E-state index contributed by atoms with van der Waals surface area (Å²) in [4.78, 5) is 40.7. The van der Waals surface area contributed by atoms with E-state index in [-0.39, 0.29) is 26.2 Å². The minimum Gasteiger partial charge on any atom is -0.444 e. The molecule has 13 heteroatoms. The van der Waals surface area contributed by atoms with Crippen LogP contribution < -0.4 is 15.1 Å². The molecule has 0 unspecified atom stereocenters. The zero-order valence-corrected chi connectivity index (χ0v) is 21.1. The fourth-order valence-electron chi connectivity index (χ4n) is 3.78. The molecule has 2 heterocycles. The van der Waals surface area contributed by atoms with Crippen molar-refractivity contribution in [3.63, 3.8) is 0 Å². The van der Waals surface area contributed by atoms with Crippen LogP contribution >= 0.6 is 0 Å². The van der Waals surface area contributed by atoms with E-state index in [0.29, 0.717) is 24.5 Å². The van der Waals surface area contributed by atoms with Crippen molar-refractivity contribution < 1.29 is 36.7 Å². The van der Waals surface area contributed by atoms with Gasteiger partial charge in [0.25, 0.3) is 0 Å². The summed E-state index contributed by atoms with van der Waals surface area (Å²) in [6.45, 7) is 6.64. The smallest absolute Gasteiger partial charge is 0.414 e. The lowest BCUT2D eigenvalue weighted by atomic mass is 10.2. The third kappa shape index (κ3) is 7.44. The van der Waals surface area contributed by atoms with Crippen molar-refractivity contribution in [2.75, 3.05) is 61.1 Å². The number of alkyl carbamates (subject to hydrolysis) is 1. The van der Waals surface area contributed by atoms with Gasteiger partial charge in [-0.1, -0.05) is 0 Å². The van der Waals surface area contributed by atoms with Gasteiger partial charge in [0, 0.05) is 32.4 Å². The van der Waals surface area contributed by atoms with Crippen molar-refractivity contribution in [1.82, 2.24) is 10.2 Å². The van der Waals surface area contributed by atoms with Gasteiger partial charge in [0.15, 0.2) is 9.84 Å². The van der Waals surface area contributed by atoms with Crippen LogP contribution in [-0.4, -0.2) is 94.4 Å². The number of nitrogens with one attached hydrogen (secondary N) is 1. The van der Waals surface area contributed by atoms with Crippen molar-refractivity contribution in [2.45, 2.75) is 32.5 Å². The second kappa shape index (κ2) is 10.3. The molecule has 0 radical (unpaired) electrons. The fourth-order valence-corrected chi connectivity index (χ4v) is 4.41. The summed E-state index contributed by atoms with van der Waals surface area (Å²) < 4.78 is 48.1. The third-order valence-electron chi connectivity index (χ3n) is 5.35. The normalized spacial score (nSPS) is 18.9. The summed E-state index contributed by atoms with van der Waals surface area (Å²) in [7, 11) is -3.42. The summed E-state index contributed by atoms with van der Waals surface area (Å²) in [5.41, 5.74) is -0.0160. The Balaban J connectivity index is 1.56. The monoisotopic (exact) mass is 514 g/mol. The summed E-state index contributed by atoms with van der Waals surface area (Å²) >= 11 is 0. The molecule has 1 aromatic carbocycles. The van der Waals surface area contributed by atoms with E-state index in [1.165, 1.54) is 15.9 Å². The predicted molar refractivity (Wildman–Crippen MR) is 127 cm³/mol. The molecule has 1 aromatic rings. The Labute approximate surface area is 204 Å². The van der Waals surface area contributed by atoms with E-state index < -0.39 is 51.2 Å². The molecule has 3 amide bonds. The topological polar surface area (TPSA) is 126 Å². The first-order chi connectivity index (χ1) is 16.2. The molecule has 2 aliphatic rings. The molecule has 35 heavy (non-hydrogen) atoms. The Bertz CT molecular complexity index is 1080. The number of halogens is 1. The van der Waals surface area contributed by atoms with E-state index in [2.05, 4.69) is 5.32 Å². The number of carbonyl (C=O) groups excluding carboxylic acids is 3. The lowest BCUT2D eigenvalue weighted by Crippen LogP contribution is -2.50. The molecular formula is C22H31FN4O7S. The molecule has 0 bridgehead atoms. The average molecular weight is 515 g/mol. The number of nitrogens with zero attached hydrogens (tertiary/aromatic N) is 3. The number of cyclic esters (lactones) is 1. The first-order valence-corrected chi connectivity index (χ1v) is 13.2. The molecule has 3 rings (SSSR count). The average Bonchev–Trinajstić information content (AvgIpc) is 3.10. The van der Waals surface area contributed by atoms with Gasteiger partial charge in [-0.3, -0.25) is 9.69 Å². The highest BCUT2D eigenvalue weighted by Crippen LogP contribution is 2.28. The van der Waals surface area contributed by atoms with Crippen LogP contribution in [0.4, 0.5) is 25.4 Å². The van der Waals surface area contributed by atoms with E-state index in [4.69, 9.17) is 9.47 Å². The van der Waals surface area contributed by atoms with Gasteiger partial charge >= 0.3 is 12.2 Å². The molecule has 2 fully saturated rings. The second-order valence-electron chi connectivity index (χ2n) is 9.57. The molecule has 194 valence electrons. The number of rotatable bonds is 6. The standard InChI is InChI=1S/C22H31FN4O7S/c1-22(2,3)34-20(29)24-12-16-13-27(21(30)33-16)15-5-6-18(17(23)11-15)25-7-9-26(10-8-25)19(28)14-35(4,31)32/h5-6,11,16H,7-10,12-14H2,1-4H3,(H,24,29)/t16-/m0/s1. The van der Waals surface area contributed by atoms with Gasteiger partial charge in [0.1, 0.15) is 23.3 Å². The number of hydrogen-bond donors (Lipinski definition) is 1. The highest BCUT2D eigenvalue weighted by Gasteiger charge is 2.34. The first kappa shape index (κ1) is 26.5. The minimum atomic E-state index is -3.42. The van der Waals surface area contributed by atoms with Gasteiger partial charge in [-0.2, -0.15) is 0 Å². The zero-order chi connectivity index (χ0) is 26.0. The molecule has 11 nitrogen and oxygen atoms in total. The largest absolute Gasteiger partial charge is 0.444 e. The Morgan fingerprint density at radius 3 is 2.43 bits per heavy atom. The SMILES string of the molecule is CC(C)(C)OC(=O)NC[C@H]1CN(c2ccc(N3CCN(C(=O)CS(C)(=O)=O)CC3)c(F)c2)C(=O)O1. The Morgan fingerprint density at radius 1 is 1.20 bits per heavy atom. The number of piperazine rings is 1. The van der Waals surface area contributed by atoms with Crippen molar-refractivity contribution in [2.24, 2.45) is 0 Å². The molecule has 2 saturated heterocycles. The Hall–Kier alpha value is -3.09. The van der Waals surface area contributed by atoms with Gasteiger partial charge in [0.05, 0.1) is 24.5 Å². The highest BCUT2D eigenvalue weighted by molar-refractivity contribution is 7.91. The molecule has 1 atom stereocenters. The van der Waals surface area contributed by atoms with Crippen LogP contribution in [0.3, 0.4) is 0 Å². The summed E-state index contributed by atoms with van der Waals surface area (Å²) in [5.74, 6) is -1.55. The van der Waals surface area contributed by atoms with E-state index in [1.807, 2.05) is 0 Å². The maximum absolute atomic E-state index is 14.9. The fraction of sp³-hybridized carbons (Fsp3) is 0.591. The van der Waals surface area contributed by atoms with Gasteiger partial charge in [-0.25, -0.2) is 22.4 Å². The zero-order valence-electron chi connectivity index (χ0n) is 20.2. The molecule has 0 spiro atoms. The van der Waals surface area contributed by atoms with Crippen molar-refractivity contribution >= 4 is 39.3 Å². The Kier molecular flexibility index (Phi) is 7.77. The quantitative estimate of drug-likeness (QED) is 0.603. The second-order valence-corrected chi connectivity index (χ2v) is 11.7. The number of ether oxygens (including phenoxy) is 2. The lowest BCUT2D eigenvalue weighted by molar-refractivity contribution is -0.128. The van der Waals surface area contributed by atoms with Crippen LogP contribution in [0.2, 0.25) is 0 Å². The molecule has 0 aromatic heterocycles. The van der Waals surface area contributed by atoms with Crippen LogP contribution in [0.5, 0.6) is 0 Å². The predicted octanol–water partition coefficient (Wildman–Crippen LogP) is 1.37.